The van der Waals surface area contributed by atoms with Crippen molar-refractivity contribution in [2.75, 3.05) is 19.7 Å². The molecule has 17 heavy (non-hydrogen) atoms. The lowest BCUT2D eigenvalue weighted by Crippen LogP contribution is -2.39. The fraction of sp³-hybridized carbons (Fsp3) is 0.818. The van der Waals surface area contributed by atoms with Crippen LogP contribution >= 0.6 is 0 Å². The van der Waals surface area contributed by atoms with E-state index in [0.717, 1.165) is 6.42 Å². The van der Waals surface area contributed by atoms with Gasteiger partial charge in [0.25, 0.3) is 6.02 Å². The van der Waals surface area contributed by atoms with Crippen molar-refractivity contribution in [2.24, 2.45) is 10.7 Å². The minimum Gasteiger partial charge on any atom is -0.463 e. The molecule has 1 spiro atoms. The fourth-order valence-corrected chi connectivity index (χ4v) is 2.05. The number of hydrogen-bond donors (Lipinski definition) is 1. The molecule has 1 fully saturated rings. The minimum atomic E-state index is -0.471. The Labute approximate surface area is 101 Å². The highest BCUT2D eigenvalue weighted by molar-refractivity contribution is 5.74. The average Bonchev–Trinajstić information content (AvgIpc) is 2.72. The number of hydrogen-bond acceptors (Lipinski definition) is 5. The molecule has 6 nitrogen and oxygen atoms in total. The van der Waals surface area contributed by atoms with Crippen LogP contribution in [0.4, 0.5) is 4.79 Å². The maximum atomic E-state index is 11.9. The topological polar surface area (TPSA) is 77.1 Å². The Hall–Kier alpha value is -1.46. The van der Waals surface area contributed by atoms with Gasteiger partial charge in [-0.2, -0.15) is 0 Å². The van der Waals surface area contributed by atoms with Crippen molar-refractivity contribution in [1.82, 2.24) is 4.90 Å². The normalized spacial score (nSPS) is 28.2. The molecule has 2 rings (SSSR count). The van der Waals surface area contributed by atoms with Crippen LogP contribution in [0.1, 0.15) is 27.2 Å². The standard InChI is InChI=1S/C11H19N3O3/c1-10(2,3)17-9(15)14-5-4-11(6-14)7-16-8(12)13-11/h4-7H2,1-3H3,(H2,12,13). The third-order valence-corrected chi connectivity index (χ3v) is 2.82. The summed E-state index contributed by atoms with van der Waals surface area (Å²) in [6, 6.07) is 0.219. The summed E-state index contributed by atoms with van der Waals surface area (Å²) in [5, 5.41) is 0. The largest absolute Gasteiger partial charge is 0.463 e. The van der Waals surface area contributed by atoms with Gasteiger partial charge in [0.05, 0.1) is 6.54 Å². The summed E-state index contributed by atoms with van der Waals surface area (Å²) in [4.78, 5) is 17.8. The maximum absolute atomic E-state index is 11.9. The molecule has 1 unspecified atom stereocenters. The first-order valence-corrected chi connectivity index (χ1v) is 5.76. The van der Waals surface area contributed by atoms with Gasteiger partial charge in [-0.15, -0.1) is 0 Å². The summed E-state index contributed by atoms with van der Waals surface area (Å²) in [5.41, 5.74) is 4.69. The fourth-order valence-electron chi connectivity index (χ4n) is 2.05. The zero-order valence-corrected chi connectivity index (χ0v) is 10.5. The van der Waals surface area contributed by atoms with E-state index in [1.54, 1.807) is 4.90 Å². The van der Waals surface area contributed by atoms with E-state index in [4.69, 9.17) is 15.2 Å². The molecule has 1 amide bonds. The van der Waals surface area contributed by atoms with Gasteiger partial charge in [-0.1, -0.05) is 0 Å². The smallest absolute Gasteiger partial charge is 0.410 e. The second-order valence-corrected chi connectivity index (χ2v) is 5.61. The van der Waals surface area contributed by atoms with Gasteiger partial charge >= 0.3 is 6.09 Å². The molecule has 0 aromatic rings. The molecule has 2 aliphatic rings. The summed E-state index contributed by atoms with van der Waals surface area (Å²) in [5.74, 6) is 0. The minimum absolute atomic E-state index is 0.219. The molecule has 2 N–H and O–H groups in total. The number of aliphatic imine (C=N–C) groups is 1. The number of amides is 1. The number of nitrogens with zero attached hydrogens (tertiary/aromatic N) is 2. The highest BCUT2D eigenvalue weighted by atomic mass is 16.6. The van der Waals surface area contributed by atoms with Crippen molar-refractivity contribution >= 4 is 12.1 Å². The first kappa shape index (κ1) is 12.0. The molecule has 1 saturated heterocycles. The number of ether oxygens (including phenoxy) is 2. The van der Waals surface area contributed by atoms with Gasteiger partial charge in [-0.3, -0.25) is 0 Å². The molecular formula is C11H19N3O3. The molecule has 0 saturated carbocycles. The summed E-state index contributed by atoms with van der Waals surface area (Å²) >= 11 is 0. The third-order valence-electron chi connectivity index (χ3n) is 2.82. The highest BCUT2D eigenvalue weighted by Gasteiger charge is 2.45. The van der Waals surface area contributed by atoms with Crippen molar-refractivity contribution in [3.05, 3.63) is 0 Å². The van der Waals surface area contributed by atoms with Crippen molar-refractivity contribution in [3.8, 4) is 0 Å². The summed E-state index contributed by atoms with van der Waals surface area (Å²) in [7, 11) is 0. The Morgan fingerprint density at radius 2 is 2.29 bits per heavy atom. The number of carbonyl (C=O) groups is 1. The molecule has 96 valence electrons. The van der Waals surface area contributed by atoms with Gasteiger partial charge in [0, 0.05) is 6.54 Å². The number of amidine groups is 1. The van der Waals surface area contributed by atoms with Crippen LogP contribution in [-0.2, 0) is 9.47 Å². The maximum Gasteiger partial charge on any atom is 0.410 e. The van der Waals surface area contributed by atoms with E-state index in [-0.39, 0.29) is 17.7 Å². The number of rotatable bonds is 0. The molecule has 0 aliphatic carbocycles. The number of nitrogens with two attached hydrogens (primary N) is 1. The Balaban J connectivity index is 1.97. The monoisotopic (exact) mass is 241 g/mol. The van der Waals surface area contributed by atoms with Crippen LogP contribution in [0.2, 0.25) is 0 Å². The molecule has 2 aliphatic heterocycles. The van der Waals surface area contributed by atoms with E-state index in [2.05, 4.69) is 4.99 Å². The Morgan fingerprint density at radius 1 is 1.59 bits per heavy atom. The van der Waals surface area contributed by atoms with Gasteiger partial charge in [-0.05, 0) is 27.2 Å². The first-order valence-electron chi connectivity index (χ1n) is 5.76. The quantitative estimate of drug-likeness (QED) is 0.677. The predicted molar refractivity (Wildman–Crippen MR) is 62.7 cm³/mol. The Kier molecular flexibility index (Phi) is 2.67. The van der Waals surface area contributed by atoms with Crippen LogP contribution < -0.4 is 5.73 Å². The van der Waals surface area contributed by atoms with Crippen LogP contribution in [0.15, 0.2) is 4.99 Å². The molecule has 0 aromatic carbocycles. The third kappa shape index (κ3) is 2.62. The lowest BCUT2D eigenvalue weighted by molar-refractivity contribution is 0.0282. The molecule has 2 heterocycles. The van der Waals surface area contributed by atoms with Crippen LogP contribution in [0.25, 0.3) is 0 Å². The lowest BCUT2D eigenvalue weighted by atomic mass is 10.0. The zero-order chi connectivity index (χ0) is 12.7. The van der Waals surface area contributed by atoms with Crippen molar-refractivity contribution in [3.63, 3.8) is 0 Å². The van der Waals surface area contributed by atoms with E-state index in [0.29, 0.717) is 19.7 Å². The van der Waals surface area contributed by atoms with E-state index in [9.17, 15) is 4.79 Å². The van der Waals surface area contributed by atoms with Crippen LogP contribution in [-0.4, -0.2) is 47.9 Å². The van der Waals surface area contributed by atoms with Gasteiger partial charge in [0.2, 0.25) is 0 Å². The Morgan fingerprint density at radius 3 is 2.82 bits per heavy atom. The summed E-state index contributed by atoms with van der Waals surface area (Å²) in [6.45, 7) is 7.17. The van der Waals surface area contributed by atoms with Gasteiger partial charge in [-0.25, -0.2) is 9.79 Å². The van der Waals surface area contributed by atoms with Crippen molar-refractivity contribution in [2.45, 2.75) is 38.3 Å². The molecular weight excluding hydrogens is 222 g/mol. The number of likely N-dealkylation sites (tertiary alicyclic amines) is 1. The second kappa shape index (κ2) is 3.78. The van der Waals surface area contributed by atoms with E-state index >= 15 is 0 Å². The van der Waals surface area contributed by atoms with Gasteiger partial charge in [0.15, 0.2) is 0 Å². The van der Waals surface area contributed by atoms with Crippen LogP contribution in [0.5, 0.6) is 0 Å². The highest BCUT2D eigenvalue weighted by Crippen LogP contribution is 2.30. The second-order valence-electron chi connectivity index (χ2n) is 5.61. The Bertz CT molecular complexity index is 361. The zero-order valence-electron chi connectivity index (χ0n) is 10.5. The van der Waals surface area contributed by atoms with E-state index < -0.39 is 5.60 Å². The predicted octanol–water partition coefficient (Wildman–Crippen LogP) is 0.711. The lowest BCUT2D eigenvalue weighted by Gasteiger charge is -2.25. The van der Waals surface area contributed by atoms with Gasteiger partial charge < -0.3 is 20.1 Å². The molecule has 0 aromatic heterocycles. The van der Waals surface area contributed by atoms with Crippen LogP contribution in [0, 0.1) is 0 Å². The molecule has 1 atom stereocenters. The van der Waals surface area contributed by atoms with E-state index in [1.807, 2.05) is 20.8 Å². The van der Waals surface area contributed by atoms with Crippen molar-refractivity contribution < 1.29 is 14.3 Å². The van der Waals surface area contributed by atoms with Gasteiger partial charge in [0.1, 0.15) is 17.7 Å². The molecule has 6 heteroatoms. The van der Waals surface area contributed by atoms with E-state index in [1.165, 1.54) is 0 Å². The first-order chi connectivity index (χ1) is 7.80. The van der Waals surface area contributed by atoms with Crippen LogP contribution in [0.3, 0.4) is 0 Å². The summed E-state index contributed by atoms with van der Waals surface area (Å²) in [6.07, 6.45) is 0.475. The molecule has 0 bridgehead atoms. The van der Waals surface area contributed by atoms with Crippen molar-refractivity contribution in [1.29, 1.82) is 0 Å². The summed E-state index contributed by atoms with van der Waals surface area (Å²) < 4.78 is 10.5. The number of carbonyl (C=O) groups excluding carboxylic acids is 1. The average molecular weight is 241 g/mol. The SMILES string of the molecule is CC(C)(C)OC(=O)N1CCC2(COC(N)=N2)C1. The molecule has 0 radical (unpaired) electrons.